The van der Waals surface area contributed by atoms with Crippen LogP contribution in [-0.4, -0.2) is 39.6 Å². The average molecular weight is 286 g/mol. The van der Waals surface area contributed by atoms with Crippen molar-refractivity contribution in [3.8, 4) is 0 Å². The Bertz CT molecular complexity index is 324. The predicted octanol–water partition coefficient (Wildman–Crippen LogP) is 2.07. The lowest BCUT2D eigenvalue weighted by molar-refractivity contribution is 0.189. The molecule has 0 spiro atoms. The second-order valence-electron chi connectivity index (χ2n) is 4.74. The maximum absolute atomic E-state index is 4.20. The molecule has 0 saturated carbocycles. The van der Waals surface area contributed by atoms with Crippen molar-refractivity contribution in [1.82, 2.24) is 14.7 Å². The first kappa shape index (κ1) is 12.1. The van der Waals surface area contributed by atoms with Crippen LogP contribution >= 0.6 is 15.9 Å². The number of aryl methyl sites for hydroxylation is 1. The summed E-state index contributed by atoms with van der Waals surface area (Å²) < 4.78 is 1.88. The minimum Gasteiger partial charge on any atom is -0.303 e. The van der Waals surface area contributed by atoms with Gasteiger partial charge < -0.3 is 4.90 Å². The Morgan fingerprint density at radius 1 is 1.56 bits per heavy atom. The molecule has 16 heavy (non-hydrogen) atoms. The van der Waals surface area contributed by atoms with Gasteiger partial charge in [0.05, 0.1) is 6.20 Å². The lowest BCUT2D eigenvalue weighted by Crippen LogP contribution is -2.37. The van der Waals surface area contributed by atoms with E-state index < -0.39 is 0 Å². The molecule has 0 N–H and O–H groups in total. The molecule has 0 amide bonds. The van der Waals surface area contributed by atoms with Crippen LogP contribution in [0, 0.1) is 5.92 Å². The van der Waals surface area contributed by atoms with Gasteiger partial charge in [-0.3, -0.25) is 4.68 Å². The maximum atomic E-state index is 4.20. The van der Waals surface area contributed by atoms with Gasteiger partial charge in [-0.15, -0.1) is 0 Å². The quantitative estimate of drug-likeness (QED) is 0.790. The zero-order chi connectivity index (χ0) is 11.4. The third kappa shape index (κ3) is 3.32. The Hall–Kier alpha value is -0.350. The summed E-state index contributed by atoms with van der Waals surface area (Å²) in [6.07, 6.45) is 7.96. The zero-order valence-electron chi connectivity index (χ0n) is 9.90. The monoisotopic (exact) mass is 285 g/mol. The van der Waals surface area contributed by atoms with Crippen LogP contribution in [0.3, 0.4) is 0 Å². The third-order valence-corrected chi connectivity index (χ3v) is 4.21. The number of piperidine rings is 1. The highest BCUT2D eigenvalue weighted by Gasteiger charge is 2.18. The van der Waals surface area contributed by atoms with Crippen molar-refractivity contribution < 1.29 is 0 Å². The summed E-state index contributed by atoms with van der Waals surface area (Å²) in [7, 11) is 1.98. The molecular formula is C12H20BrN3. The highest BCUT2D eigenvalue weighted by molar-refractivity contribution is 9.09. The molecule has 4 heteroatoms. The molecule has 2 heterocycles. The summed E-state index contributed by atoms with van der Waals surface area (Å²) in [5, 5.41) is 5.35. The van der Waals surface area contributed by atoms with E-state index in [1.165, 1.54) is 38.0 Å². The van der Waals surface area contributed by atoms with Crippen LogP contribution in [-0.2, 0) is 13.5 Å². The average Bonchev–Trinajstić information content (AvgIpc) is 2.73. The van der Waals surface area contributed by atoms with Crippen LogP contribution in [0.4, 0.5) is 0 Å². The summed E-state index contributed by atoms with van der Waals surface area (Å²) >= 11 is 3.60. The van der Waals surface area contributed by atoms with Crippen molar-refractivity contribution in [3.63, 3.8) is 0 Å². The molecule has 1 saturated heterocycles. The molecule has 3 nitrogen and oxygen atoms in total. The van der Waals surface area contributed by atoms with Crippen molar-refractivity contribution >= 4 is 15.9 Å². The molecule has 1 aliphatic heterocycles. The van der Waals surface area contributed by atoms with Crippen molar-refractivity contribution in [3.05, 3.63) is 18.0 Å². The normalized spacial score (nSPS) is 22.5. The molecule has 1 fully saturated rings. The Morgan fingerprint density at radius 3 is 3.12 bits per heavy atom. The van der Waals surface area contributed by atoms with E-state index in [-0.39, 0.29) is 0 Å². The number of rotatable bonds is 4. The van der Waals surface area contributed by atoms with Gasteiger partial charge in [-0.1, -0.05) is 15.9 Å². The molecule has 1 aromatic heterocycles. The van der Waals surface area contributed by atoms with Crippen molar-refractivity contribution in [2.75, 3.05) is 25.0 Å². The molecule has 0 radical (unpaired) electrons. The predicted molar refractivity (Wildman–Crippen MR) is 69.9 cm³/mol. The summed E-state index contributed by atoms with van der Waals surface area (Å²) in [4.78, 5) is 2.59. The van der Waals surface area contributed by atoms with Gasteiger partial charge in [-0.25, -0.2) is 0 Å². The van der Waals surface area contributed by atoms with E-state index in [1.807, 2.05) is 17.9 Å². The molecule has 0 bridgehead atoms. The van der Waals surface area contributed by atoms with Crippen LogP contribution in [0.5, 0.6) is 0 Å². The molecular weight excluding hydrogens is 266 g/mol. The first-order valence-corrected chi connectivity index (χ1v) is 7.16. The van der Waals surface area contributed by atoms with Gasteiger partial charge in [-0.05, 0) is 37.3 Å². The Labute approximate surface area is 106 Å². The van der Waals surface area contributed by atoms with E-state index in [4.69, 9.17) is 0 Å². The fraction of sp³-hybridized carbons (Fsp3) is 0.750. The van der Waals surface area contributed by atoms with Gasteiger partial charge in [0.1, 0.15) is 0 Å². The van der Waals surface area contributed by atoms with E-state index in [1.54, 1.807) is 0 Å². The Kier molecular flexibility index (Phi) is 4.41. The van der Waals surface area contributed by atoms with Gasteiger partial charge >= 0.3 is 0 Å². The van der Waals surface area contributed by atoms with Gasteiger partial charge in [-0.2, -0.15) is 5.10 Å². The van der Waals surface area contributed by atoms with E-state index in [2.05, 4.69) is 32.1 Å². The van der Waals surface area contributed by atoms with Gasteiger partial charge in [0.15, 0.2) is 0 Å². The highest BCUT2D eigenvalue weighted by Crippen LogP contribution is 2.18. The number of hydrogen-bond donors (Lipinski definition) is 0. The van der Waals surface area contributed by atoms with E-state index in [0.717, 1.165) is 17.7 Å². The third-order valence-electron chi connectivity index (χ3n) is 3.30. The molecule has 2 rings (SSSR count). The topological polar surface area (TPSA) is 21.1 Å². The molecule has 1 atom stereocenters. The van der Waals surface area contributed by atoms with E-state index >= 15 is 0 Å². The fourth-order valence-electron chi connectivity index (χ4n) is 2.37. The van der Waals surface area contributed by atoms with Crippen LogP contribution in [0.1, 0.15) is 18.4 Å². The molecule has 1 aliphatic rings. The number of hydrogen-bond acceptors (Lipinski definition) is 2. The molecule has 0 aromatic carbocycles. The summed E-state index contributed by atoms with van der Waals surface area (Å²) in [5.41, 5.74) is 1.35. The van der Waals surface area contributed by atoms with Gasteiger partial charge in [0.25, 0.3) is 0 Å². The minimum absolute atomic E-state index is 0.850. The minimum atomic E-state index is 0.850. The van der Waals surface area contributed by atoms with Crippen molar-refractivity contribution in [2.45, 2.75) is 19.3 Å². The maximum Gasteiger partial charge on any atom is 0.0522 e. The van der Waals surface area contributed by atoms with Crippen molar-refractivity contribution in [1.29, 1.82) is 0 Å². The number of likely N-dealkylation sites (tertiary alicyclic amines) is 1. The summed E-state index contributed by atoms with van der Waals surface area (Å²) in [5.74, 6) is 0.850. The molecule has 1 unspecified atom stereocenters. The second-order valence-corrected chi connectivity index (χ2v) is 5.38. The highest BCUT2D eigenvalue weighted by atomic mass is 79.9. The van der Waals surface area contributed by atoms with Crippen LogP contribution in [0.25, 0.3) is 0 Å². The number of halogens is 1. The summed E-state index contributed by atoms with van der Waals surface area (Å²) in [6.45, 7) is 3.70. The number of nitrogens with zero attached hydrogens (tertiary/aromatic N) is 3. The SMILES string of the molecule is Cn1cc(CCN2CCCC(CBr)C2)cn1. The first-order valence-electron chi connectivity index (χ1n) is 6.04. The van der Waals surface area contributed by atoms with E-state index in [9.17, 15) is 0 Å². The van der Waals surface area contributed by atoms with Crippen molar-refractivity contribution in [2.24, 2.45) is 13.0 Å². The fourth-order valence-corrected chi connectivity index (χ4v) is 2.90. The largest absolute Gasteiger partial charge is 0.303 e. The van der Waals surface area contributed by atoms with Gasteiger partial charge in [0, 0.05) is 31.7 Å². The second kappa shape index (κ2) is 5.82. The molecule has 1 aromatic rings. The number of aromatic nitrogens is 2. The number of alkyl halides is 1. The van der Waals surface area contributed by atoms with Crippen LogP contribution in [0.15, 0.2) is 12.4 Å². The lowest BCUT2D eigenvalue weighted by atomic mass is 10.00. The smallest absolute Gasteiger partial charge is 0.0522 e. The Balaban J connectivity index is 1.77. The Morgan fingerprint density at radius 2 is 2.44 bits per heavy atom. The first-order chi connectivity index (χ1) is 7.78. The van der Waals surface area contributed by atoms with Crippen LogP contribution in [0.2, 0.25) is 0 Å². The standard InChI is InChI=1S/C12H20BrN3/c1-15-9-12(8-14-15)4-6-16-5-2-3-11(7-13)10-16/h8-9,11H,2-7,10H2,1H3. The lowest BCUT2D eigenvalue weighted by Gasteiger charge is -2.31. The van der Waals surface area contributed by atoms with E-state index in [0.29, 0.717) is 0 Å². The molecule has 90 valence electrons. The zero-order valence-corrected chi connectivity index (χ0v) is 11.5. The molecule has 0 aliphatic carbocycles. The van der Waals surface area contributed by atoms with Gasteiger partial charge in [0.2, 0.25) is 0 Å². The van der Waals surface area contributed by atoms with Crippen LogP contribution < -0.4 is 0 Å². The summed E-state index contributed by atoms with van der Waals surface area (Å²) in [6, 6.07) is 0.